The van der Waals surface area contributed by atoms with Gasteiger partial charge in [0.25, 0.3) is 5.69 Å². The Labute approximate surface area is 160 Å². The van der Waals surface area contributed by atoms with Crippen LogP contribution in [0.15, 0.2) is 64.1 Å². The second-order valence-electron chi connectivity index (χ2n) is 5.57. The number of hydrogen-bond acceptors (Lipinski definition) is 6. The highest BCUT2D eigenvalue weighted by Gasteiger charge is 2.07. The van der Waals surface area contributed by atoms with E-state index in [0.29, 0.717) is 5.56 Å². The summed E-state index contributed by atoms with van der Waals surface area (Å²) >= 11 is 1.49. The first-order valence-corrected chi connectivity index (χ1v) is 9.14. The number of aromatic nitrogens is 1. The zero-order valence-corrected chi connectivity index (χ0v) is 15.7. The second-order valence-corrected chi connectivity index (χ2v) is 6.41. The highest BCUT2D eigenvalue weighted by Crippen LogP contribution is 2.23. The molecule has 0 amide bonds. The van der Waals surface area contributed by atoms with E-state index in [1.807, 2.05) is 36.6 Å². The Morgan fingerprint density at radius 1 is 1.26 bits per heavy atom. The van der Waals surface area contributed by atoms with E-state index in [4.69, 9.17) is 4.74 Å². The first-order valence-electron chi connectivity index (χ1n) is 8.26. The summed E-state index contributed by atoms with van der Waals surface area (Å²) in [6.07, 6.45) is 1.51. The largest absolute Gasteiger partial charge is 0.497 e. The number of non-ortho nitro benzene ring substituents is 1. The fraction of sp³-hybridized carbons (Fsp3) is 0.158. The van der Waals surface area contributed by atoms with E-state index in [9.17, 15) is 10.1 Å². The Bertz CT molecular complexity index is 1040. The van der Waals surface area contributed by atoms with Gasteiger partial charge in [-0.25, -0.2) is 0 Å². The van der Waals surface area contributed by atoms with Crippen molar-refractivity contribution in [3.05, 3.63) is 74.4 Å². The lowest BCUT2D eigenvalue weighted by molar-refractivity contribution is -0.384. The Balaban J connectivity index is 1.89. The molecule has 0 saturated heterocycles. The summed E-state index contributed by atoms with van der Waals surface area (Å²) in [5, 5.41) is 21.3. The lowest BCUT2D eigenvalue weighted by Gasteiger charge is -2.06. The Kier molecular flexibility index (Phi) is 5.77. The molecule has 138 valence electrons. The molecule has 0 atom stereocenters. The number of nitro benzene ring substituents is 1. The first kappa shape index (κ1) is 18.5. The maximum absolute atomic E-state index is 10.8. The fourth-order valence-corrected chi connectivity index (χ4v) is 3.50. The minimum absolute atomic E-state index is 0.0282. The van der Waals surface area contributed by atoms with Gasteiger partial charge in [-0.05, 0) is 36.8 Å². The van der Waals surface area contributed by atoms with Crippen molar-refractivity contribution >= 4 is 23.2 Å². The summed E-state index contributed by atoms with van der Waals surface area (Å²) in [6, 6.07) is 14.1. The highest BCUT2D eigenvalue weighted by molar-refractivity contribution is 7.07. The van der Waals surface area contributed by atoms with Crippen LogP contribution >= 0.6 is 11.3 Å². The number of hydrogen-bond donors (Lipinski definition) is 0. The number of thiazole rings is 1. The van der Waals surface area contributed by atoms with E-state index in [1.54, 1.807) is 19.2 Å². The van der Waals surface area contributed by atoms with Crippen LogP contribution in [0.4, 0.5) is 5.69 Å². The van der Waals surface area contributed by atoms with Crippen molar-refractivity contribution < 1.29 is 9.66 Å². The average Bonchev–Trinajstić information content (AvgIpc) is 3.11. The molecule has 0 aliphatic heterocycles. The number of nitrogens with zero attached hydrogens (tertiary/aromatic N) is 4. The lowest BCUT2D eigenvalue weighted by Crippen LogP contribution is -2.14. The molecule has 0 fully saturated rings. The third kappa shape index (κ3) is 4.29. The van der Waals surface area contributed by atoms with Crippen LogP contribution in [0.2, 0.25) is 0 Å². The van der Waals surface area contributed by atoms with Gasteiger partial charge in [-0.2, -0.15) is 5.10 Å². The number of methoxy groups -OCH3 is 1. The first-order chi connectivity index (χ1) is 13.1. The number of ether oxygens (including phenoxy) is 1. The molecule has 3 aromatic rings. The minimum Gasteiger partial charge on any atom is -0.497 e. The number of benzene rings is 2. The SMILES string of the molecule is CCn1c(-c2ccc(OC)cc2)cs/c1=N\N=C/c1cccc([N+](=O)[O-])c1. The second kappa shape index (κ2) is 8.41. The molecule has 1 aromatic heterocycles. The molecule has 0 aliphatic carbocycles. The van der Waals surface area contributed by atoms with Crippen LogP contribution in [0.1, 0.15) is 12.5 Å². The third-order valence-corrected chi connectivity index (χ3v) is 4.78. The molecular formula is C19H18N4O3S. The van der Waals surface area contributed by atoms with Crippen molar-refractivity contribution in [2.75, 3.05) is 7.11 Å². The van der Waals surface area contributed by atoms with Crippen LogP contribution in [0, 0.1) is 10.1 Å². The summed E-state index contributed by atoms with van der Waals surface area (Å²) in [5.41, 5.74) is 2.77. The molecule has 0 spiro atoms. The summed E-state index contributed by atoms with van der Waals surface area (Å²) < 4.78 is 7.27. The van der Waals surface area contributed by atoms with Gasteiger partial charge in [0.1, 0.15) is 5.75 Å². The quantitative estimate of drug-likeness (QED) is 0.366. The van der Waals surface area contributed by atoms with E-state index >= 15 is 0 Å². The van der Waals surface area contributed by atoms with Crippen molar-refractivity contribution in [2.45, 2.75) is 13.5 Å². The van der Waals surface area contributed by atoms with Gasteiger partial charge in [-0.1, -0.05) is 12.1 Å². The topological polar surface area (TPSA) is 82.0 Å². The molecule has 0 aliphatic rings. The van der Waals surface area contributed by atoms with Crippen LogP contribution in [-0.2, 0) is 6.54 Å². The molecule has 0 saturated carbocycles. The van der Waals surface area contributed by atoms with Gasteiger partial charge in [0.2, 0.25) is 4.80 Å². The molecule has 2 aromatic carbocycles. The van der Waals surface area contributed by atoms with Crippen LogP contribution in [0.3, 0.4) is 0 Å². The monoisotopic (exact) mass is 382 g/mol. The Morgan fingerprint density at radius 2 is 2.04 bits per heavy atom. The standard InChI is InChI=1S/C19H18N4O3S/c1-3-22-18(15-7-9-17(26-2)10-8-15)13-27-19(22)21-20-12-14-5-4-6-16(11-14)23(24)25/h4-13H,3H2,1-2H3/b20-12-,21-19-. The van der Waals surface area contributed by atoms with Crippen molar-refractivity contribution in [2.24, 2.45) is 10.2 Å². The highest BCUT2D eigenvalue weighted by atomic mass is 32.1. The predicted molar refractivity (Wildman–Crippen MR) is 106 cm³/mol. The van der Waals surface area contributed by atoms with Gasteiger partial charge in [-0.15, -0.1) is 16.4 Å². The van der Waals surface area contributed by atoms with Gasteiger partial charge >= 0.3 is 0 Å². The Hall–Kier alpha value is -3.26. The van der Waals surface area contributed by atoms with Gasteiger partial charge < -0.3 is 9.30 Å². The maximum Gasteiger partial charge on any atom is 0.270 e. The van der Waals surface area contributed by atoms with E-state index in [2.05, 4.69) is 14.8 Å². The van der Waals surface area contributed by atoms with Gasteiger partial charge in [-0.3, -0.25) is 10.1 Å². The molecule has 0 unspecified atom stereocenters. The number of nitro groups is 1. The summed E-state index contributed by atoms with van der Waals surface area (Å²) in [5.74, 6) is 0.809. The molecular weight excluding hydrogens is 364 g/mol. The van der Waals surface area contributed by atoms with Crippen LogP contribution < -0.4 is 9.54 Å². The van der Waals surface area contributed by atoms with Crippen LogP contribution in [-0.4, -0.2) is 22.8 Å². The zero-order chi connectivity index (χ0) is 19.2. The molecule has 0 radical (unpaired) electrons. The summed E-state index contributed by atoms with van der Waals surface area (Å²) in [6.45, 7) is 2.79. The summed E-state index contributed by atoms with van der Waals surface area (Å²) in [4.78, 5) is 11.2. The van der Waals surface area contributed by atoms with Crippen molar-refractivity contribution in [3.63, 3.8) is 0 Å². The van der Waals surface area contributed by atoms with Crippen molar-refractivity contribution in [3.8, 4) is 17.0 Å². The average molecular weight is 382 g/mol. The van der Waals surface area contributed by atoms with E-state index < -0.39 is 4.92 Å². The molecule has 0 bridgehead atoms. The smallest absolute Gasteiger partial charge is 0.270 e. The van der Waals surface area contributed by atoms with Gasteiger partial charge in [0, 0.05) is 29.6 Å². The predicted octanol–water partition coefficient (Wildman–Crippen LogP) is 4.09. The van der Waals surface area contributed by atoms with Crippen molar-refractivity contribution in [1.82, 2.24) is 4.57 Å². The molecule has 1 heterocycles. The number of rotatable bonds is 6. The molecule has 7 nitrogen and oxygen atoms in total. The normalized spacial score (nSPS) is 11.9. The summed E-state index contributed by atoms with van der Waals surface area (Å²) in [7, 11) is 1.64. The molecule has 0 N–H and O–H groups in total. The molecule has 3 rings (SSSR count). The third-order valence-electron chi connectivity index (χ3n) is 3.93. The van der Waals surface area contributed by atoms with Crippen LogP contribution in [0.5, 0.6) is 5.75 Å². The van der Waals surface area contributed by atoms with E-state index in [-0.39, 0.29) is 5.69 Å². The van der Waals surface area contributed by atoms with Crippen molar-refractivity contribution in [1.29, 1.82) is 0 Å². The molecule has 8 heteroatoms. The van der Waals surface area contributed by atoms with E-state index in [0.717, 1.165) is 28.4 Å². The van der Waals surface area contributed by atoms with Gasteiger partial charge in [0.05, 0.1) is 23.9 Å². The fourth-order valence-electron chi connectivity index (χ4n) is 2.57. The zero-order valence-electron chi connectivity index (χ0n) is 14.9. The lowest BCUT2D eigenvalue weighted by atomic mass is 10.1. The van der Waals surface area contributed by atoms with Gasteiger partial charge in [0.15, 0.2) is 0 Å². The molecule has 27 heavy (non-hydrogen) atoms. The Morgan fingerprint density at radius 3 is 2.70 bits per heavy atom. The van der Waals surface area contributed by atoms with Crippen LogP contribution in [0.25, 0.3) is 11.3 Å². The minimum atomic E-state index is -0.431. The maximum atomic E-state index is 10.8. The van der Waals surface area contributed by atoms with E-state index in [1.165, 1.54) is 29.7 Å².